The van der Waals surface area contributed by atoms with Gasteiger partial charge in [0.2, 0.25) is 5.91 Å². The Morgan fingerprint density at radius 3 is 2.27 bits per heavy atom. The zero-order valence-electron chi connectivity index (χ0n) is 16.1. The van der Waals surface area contributed by atoms with E-state index in [1.165, 1.54) is 23.5 Å². The van der Waals surface area contributed by atoms with Gasteiger partial charge in [-0.15, -0.1) is 11.3 Å². The molecule has 5 nitrogen and oxygen atoms in total. The van der Waals surface area contributed by atoms with Gasteiger partial charge < -0.3 is 9.80 Å². The largest absolute Gasteiger partial charge is 0.339 e. The molecule has 0 aliphatic carbocycles. The smallest absolute Gasteiger partial charge is 0.273 e. The molecule has 8 heteroatoms. The van der Waals surface area contributed by atoms with Crippen molar-refractivity contribution < 1.29 is 14.0 Å². The number of rotatable bonds is 4. The second-order valence-corrected chi connectivity index (χ2v) is 8.32. The standard InChI is InChI=1S/C22H19ClFN3O2S/c23-17-5-3-16(4-6-17)21-25-19(14-30-21)22(29)27-11-9-26(10-12-27)20(28)13-15-1-7-18(24)8-2-15/h1-8,14H,9-13H2. The summed E-state index contributed by atoms with van der Waals surface area (Å²) in [5.41, 5.74) is 2.10. The van der Waals surface area contributed by atoms with E-state index in [9.17, 15) is 14.0 Å². The van der Waals surface area contributed by atoms with E-state index in [1.807, 2.05) is 12.1 Å². The van der Waals surface area contributed by atoms with E-state index in [1.54, 1.807) is 39.4 Å². The Labute approximate surface area is 182 Å². The fourth-order valence-corrected chi connectivity index (χ4v) is 4.23. The van der Waals surface area contributed by atoms with Crippen LogP contribution in [0.2, 0.25) is 5.02 Å². The first-order valence-electron chi connectivity index (χ1n) is 9.52. The zero-order chi connectivity index (χ0) is 21.1. The molecule has 0 N–H and O–H groups in total. The average molecular weight is 444 g/mol. The third-order valence-electron chi connectivity index (χ3n) is 5.00. The highest BCUT2D eigenvalue weighted by molar-refractivity contribution is 7.13. The van der Waals surface area contributed by atoms with Crippen molar-refractivity contribution in [2.45, 2.75) is 6.42 Å². The number of benzene rings is 2. The number of thiazole rings is 1. The Morgan fingerprint density at radius 1 is 0.967 bits per heavy atom. The summed E-state index contributed by atoms with van der Waals surface area (Å²) in [5.74, 6) is -0.468. The molecule has 0 spiro atoms. The first-order valence-corrected chi connectivity index (χ1v) is 10.8. The van der Waals surface area contributed by atoms with Crippen LogP contribution in [-0.4, -0.2) is 52.8 Å². The summed E-state index contributed by atoms with van der Waals surface area (Å²) >= 11 is 7.34. The number of halogens is 2. The fourth-order valence-electron chi connectivity index (χ4n) is 3.31. The number of hydrogen-bond donors (Lipinski definition) is 0. The van der Waals surface area contributed by atoms with Gasteiger partial charge >= 0.3 is 0 Å². The Hall–Kier alpha value is -2.77. The minimum atomic E-state index is -0.320. The Morgan fingerprint density at radius 2 is 1.60 bits per heavy atom. The third kappa shape index (κ3) is 4.68. The molecule has 1 aromatic heterocycles. The molecular formula is C22H19ClFN3O2S. The first-order chi connectivity index (χ1) is 14.5. The van der Waals surface area contributed by atoms with Crippen molar-refractivity contribution in [2.24, 2.45) is 0 Å². The number of nitrogens with zero attached hydrogens (tertiary/aromatic N) is 3. The summed E-state index contributed by atoms with van der Waals surface area (Å²) in [6.07, 6.45) is 0.227. The predicted octanol–water partition coefficient (Wildman–Crippen LogP) is 4.13. The van der Waals surface area contributed by atoms with Gasteiger partial charge in [-0.2, -0.15) is 0 Å². The van der Waals surface area contributed by atoms with E-state index in [-0.39, 0.29) is 24.1 Å². The highest BCUT2D eigenvalue weighted by Crippen LogP contribution is 2.25. The lowest BCUT2D eigenvalue weighted by Gasteiger charge is -2.34. The van der Waals surface area contributed by atoms with E-state index in [0.717, 1.165) is 16.1 Å². The van der Waals surface area contributed by atoms with Crippen molar-refractivity contribution in [1.82, 2.24) is 14.8 Å². The lowest BCUT2D eigenvalue weighted by Crippen LogP contribution is -2.51. The van der Waals surface area contributed by atoms with E-state index in [4.69, 9.17) is 11.6 Å². The maximum atomic E-state index is 13.0. The predicted molar refractivity (Wildman–Crippen MR) is 115 cm³/mol. The maximum Gasteiger partial charge on any atom is 0.273 e. The van der Waals surface area contributed by atoms with Crippen LogP contribution in [0.3, 0.4) is 0 Å². The summed E-state index contributed by atoms with van der Waals surface area (Å²) in [7, 11) is 0. The summed E-state index contributed by atoms with van der Waals surface area (Å²) in [6.45, 7) is 1.86. The average Bonchev–Trinajstić information content (AvgIpc) is 3.26. The third-order valence-corrected chi connectivity index (χ3v) is 6.15. The van der Waals surface area contributed by atoms with E-state index >= 15 is 0 Å². The zero-order valence-corrected chi connectivity index (χ0v) is 17.6. The molecule has 2 aromatic carbocycles. The Kier molecular flexibility index (Phi) is 6.11. The molecule has 2 heterocycles. The van der Waals surface area contributed by atoms with E-state index in [0.29, 0.717) is 36.9 Å². The topological polar surface area (TPSA) is 53.5 Å². The number of carbonyl (C=O) groups excluding carboxylic acids is 2. The minimum Gasteiger partial charge on any atom is -0.339 e. The lowest BCUT2D eigenvalue weighted by atomic mass is 10.1. The summed E-state index contributed by atoms with van der Waals surface area (Å²) < 4.78 is 13.0. The highest BCUT2D eigenvalue weighted by atomic mass is 35.5. The quantitative estimate of drug-likeness (QED) is 0.609. The molecule has 0 bridgehead atoms. The monoisotopic (exact) mass is 443 g/mol. The Bertz CT molecular complexity index is 1050. The Balaban J connectivity index is 1.33. The van der Waals surface area contributed by atoms with Crippen molar-refractivity contribution in [2.75, 3.05) is 26.2 Å². The van der Waals surface area contributed by atoms with Gasteiger partial charge in [-0.05, 0) is 29.8 Å². The summed E-state index contributed by atoms with van der Waals surface area (Å²) in [5, 5.41) is 3.18. The van der Waals surface area contributed by atoms with Gasteiger partial charge in [0, 0.05) is 42.1 Å². The molecule has 1 aliphatic heterocycles. The highest BCUT2D eigenvalue weighted by Gasteiger charge is 2.26. The van der Waals surface area contributed by atoms with Crippen LogP contribution in [0, 0.1) is 5.82 Å². The first kappa shape index (κ1) is 20.5. The second-order valence-electron chi connectivity index (χ2n) is 7.02. The van der Waals surface area contributed by atoms with Gasteiger partial charge in [0.1, 0.15) is 16.5 Å². The van der Waals surface area contributed by atoms with Gasteiger partial charge in [0.25, 0.3) is 5.91 Å². The molecule has 30 heavy (non-hydrogen) atoms. The summed E-state index contributed by atoms with van der Waals surface area (Å²) in [4.78, 5) is 33.2. The summed E-state index contributed by atoms with van der Waals surface area (Å²) in [6, 6.07) is 13.3. The van der Waals surface area contributed by atoms with Crippen LogP contribution < -0.4 is 0 Å². The van der Waals surface area contributed by atoms with E-state index < -0.39 is 0 Å². The molecule has 1 saturated heterocycles. The number of amides is 2. The number of hydrogen-bond acceptors (Lipinski definition) is 4. The molecule has 1 fully saturated rings. The van der Waals surface area contributed by atoms with Gasteiger partial charge in [0.05, 0.1) is 6.42 Å². The maximum absolute atomic E-state index is 13.0. The van der Waals surface area contributed by atoms with Gasteiger partial charge in [0.15, 0.2) is 0 Å². The molecular weight excluding hydrogens is 425 g/mol. The van der Waals surface area contributed by atoms with Crippen LogP contribution >= 0.6 is 22.9 Å². The number of piperazine rings is 1. The van der Waals surface area contributed by atoms with Crippen molar-refractivity contribution in [1.29, 1.82) is 0 Å². The van der Waals surface area contributed by atoms with E-state index in [2.05, 4.69) is 4.98 Å². The van der Waals surface area contributed by atoms with Crippen molar-refractivity contribution >= 4 is 34.8 Å². The van der Waals surface area contributed by atoms with Gasteiger partial charge in [-0.25, -0.2) is 9.37 Å². The van der Waals surface area contributed by atoms with Crippen LogP contribution in [0.1, 0.15) is 16.1 Å². The molecule has 0 radical (unpaired) electrons. The minimum absolute atomic E-state index is 0.0209. The van der Waals surface area contributed by atoms with Crippen LogP contribution in [0.4, 0.5) is 4.39 Å². The molecule has 0 unspecified atom stereocenters. The molecule has 0 saturated carbocycles. The SMILES string of the molecule is O=C(Cc1ccc(F)cc1)N1CCN(C(=O)c2csc(-c3ccc(Cl)cc3)n2)CC1. The van der Waals surface area contributed by atoms with Crippen LogP contribution in [0.25, 0.3) is 10.6 Å². The molecule has 4 rings (SSSR count). The normalized spacial score (nSPS) is 14.1. The van der Waals surface area contributed by atoms with Crippen LogP contribution in [-0.2, 0) is 11.2 Å². The van der Waals surface area contributed by atoms with Crippen molar-refractivity contribution in [3.05, 3.63) is 76.0 Å². The molecule has 1 aliphatic rings. The number of carbonyl (C=O) groups is 2. The van der Waals surface area contributed by atoms with Gasteiger partial charge in [-0.1, -0.05) is 35.9 Å². The molecule has 3 aromatic rings. The second kappa shape index (κ2) is 8.93. The van der Waals surface area contributed by atoms with Crippen molar-refractivity contribution in [3.63, 3.8) is 0 Å². The molecule has 154 valence electrons. The fraction of sp³-hybridized carbons (Fsp3) is 0.227. The van der Waals surface area contributed by atoms with Crippen LogP contribution in [0.15, 0.2) is 53.9 Å². The molecule has 0 atom stereocenters. The molecule has 2 amide bonds. The van der Waals surface area contributed by atoms with Crippen LogP contribution in [0.5, 0.6) is 0 Å². The van der Waals surface area contributed by atoms with Crippen molar-refractivity contribution in [3.8, 4) is 10.6 Å². The number of aromatic nitrogens is 1. The van der Waals surface area contributed by atoms with Gasteiger partial charge in [-0.3, -0.25) is 9.59 Å². The lowest BCUT2D eigenvalue weighted by molar-refractivity contribution is -0.131.